The van der Waals surface area contributed by atoms with E-state index in [0.29, 0.717) is 12.8 Å². The van der Waals surface area contributed by atoms with Crippen molar-refractivity contribution in [1.29, 1.82) is 0 Å². The smallest absolute Gasteiger partial charge is 0.102 e. The van der Waals surface area contributed by atoms with E-state index in [2.05, 4.69) is 0 Å². The van der Waals surface area contributed by atoms with Crippen molar-refractivity contribution in [3.63, 3.8) is 0 Å². The van der Waals surface area contributed by atoms with Crippen molar-refractivity contribution in [1.82, 2.24) is 0 Å². The average Bonchev–Trinajstić information content (AvgIpc) is 1.82. The molecule has 3 heteroatoms. The van der Waals surface area contributed by atoms with Crippen molar-refractivity contribution < 1.29 is 4.39 Å². The van der Waals surface area contributed by atoms with Crippen LogP contribution >= 0.6 is 12.4 Å². The van der Waals surface area contributed by atoms with Gasteiger partial charge in [-0.25, -0.2) is 4.39 Å². The molecule has 1 saturated carbocycles. The van der Waals surface area contributed by atoms with Crippen molar-refractivity contribution in [2.24, 2.45) is 5.73 Å². The van der Waals surface area contributed by atoms with Crippen LogP contribution in [-0.2, 0) is 0 Å². The molecule has 0 spiro atoms. The summed E-state index contributed by atoms with van der Waals surface area (Å²) in [6, 6.07) is 0. The molecule has 0 bridgehead atoms. The molecule has 0 heterocycles. The Kier molecular flexibility index (Phi) is 2.90. The lowest BCUT2D eigenvalue weighted by molar-refractivity contribution is 0.324. The maximum absolute atomic E-state index is 12.3. The van der Waals surface area contributed by atoms with E-state index < -0.39 is 6.17 Å². The molecule has 2 atom stereocenters. The first-order valence-corrected chi connectivity index (χ1v) is 3.03. The van der Waals surface area contributed by atoms with Gasteiger partial charge in [-0.15, -0.1) is 12.4 Å². The molecule has 1 rings (SSSR count). The Morgan fingerprint density at radius 3 is 2.33 bits per heavy atom. The summed E-state index contributed by atoms with van der Waals surface area (Å²) in [5, 5.41) is 0. The van der Waals surface area contributed by atoms with Crippen molar-refractivity contribution in [2.75, 3.05) is 0 Å². The van der Waals surface area contributed by atoms with E-state index in [1.165, 1.54) is 0 Å². The lowest BCUT2D eigenvalue weighted by atomic mass is 10.0. The minimum Gasteiger partial charge on any atom is -0.325 e. The average molecular weight is 154 g/mol. The molecule has 1 aliphatic carbocycles. The molecule has 9 heavy (non-hydrogen) atoms. The number of rotatable bonds is 0. The lowest BCUT2D eigenvalue weighted by Gasteiger charge is -2.14. The summed E-state index contributed by atoms with van der Waals surface area (Å²) in [6.07, 6.45) is 1.42. The first kappa shape index (κ1) is 9.18. The summed E-state index contributed by atoms with van der Waals surface area (Å²) in [7, 11) is 0. The third kappa shape index (κ3) is 2.50. The zero-order valence-electron chi connectivity index (χ0n) is 5.56. The standard InChI is InChI=1S/C6H12FN.ClH/c1-6(8)3-2-5(7)4-6;/h5H,2-4,8H2,1H3;1H. The van der Waals surface area contributed by atoms with Crippen molar-refractivity contribution in [3.05, 3.63) is 0 Å². The second-order valence-electron chi connectivity index (χ2n) is 2.99. The highest BCUT2D eigenvalue weighted by Gasteiger charge is 2.30. The monoisotopic (exact) mass is 153 g/mol. The van der Waals surface area contributed by atoms with Crippen LogP contribution in [0.4, 0.5) is 4.39 Å². The minimum absolute atomic E-state index is 0. The molecular weight excluding hydrogens is 141 g/mol. The number of halogens is 2. The number of hydrogen-bond donors (Lipinski definition) is 1. The summed E-state index contributed by atoms with van der Waals surface area (Å²) in [4.78, 5) is 0. The normalized spacial score (nSPS) is 42.3. The van der Waals surface area contributed by atoms with Crippen LogP contribution < -0.4 is 5.73 Å². The van der Waals surface area contributed by atoms with Crippen LogP contribution in [-0.4, -0.2) is 11.7 Å². The quantitative estimate of drug-likeness (QED) is 0.563. The van der Waals surface area contributed by atoms with Gasteiger partial charge < -0.3 is 5.73 Å². The zero-order chi connectivity index (χ0) is 6.20. The lowest BCUT2D eigenvalue weighted by Crippen LogP contribution is -2.32. The Balaban J connectivity index is 0.000000640. The second kappa shape index (κ2) is 2.84. The fourth-order valence-corrected chi connectivity index (χ4v) is 1.20. The van der Waals surface area contributed by atoms with Gasteiger partial charge in [0.25, 0.3) is 0 Å². The van der Waals surface area contributed by atoms with E-state index in [1.807, 2.05) is 6.92 Å². The van der Waals surface area contributed by atoms with Crippen LogP contribution in [0.25, 0.3) is 0 Å². The second-order valence-corrected chi connectivity index (χ2v) is 2.99. The molecule has 1 fully saturated rings. The fourth-order valence-electron chi connectivity index (χ4n) is 1.20. The number of alkyl halides is 1. The third-order valence-electron chi connectivity index (χ3n) is 1.72. The molecule has 1 nitrogen and oxygen atoms in total. The summed E-state index contributed by atoms with van der Waals surface area (Å²) < 4.78 is 12.3. The Morgan fingerprint density at radius 2 is 2.22 bits per heavy atom. The van der Waals surface area contributed by atoms with E-state index in [9.17, 15) is 4.39 Å². The van der Waals surface area contributed by atoms with Gasteiger partial charge in [-0.3, -0.25) is 0 Å². The third-order valence-corrected chi connectivity index (χ3v) is 1.72. The predicted octanol–water partition coefficient (Wildman–Crippen LogP) is 1.65. The Morgan fingerprint density at radius 1 is 1.67 bits per heavy atom. The zero-order valence-corrected chi connectivity index (χ0v) is 6.38. The molecule has 1 aliphatic rings. The van der Waals surface area contributed by atoms with Gasteiger partial charge in [0, 0.05) is 5.54 Å². The molecule has 0 amide bonds. The largest absolute Gasteiger partial charge is 0.325 e. The van der Waals surface area contributed by atoms with Gasteiger partial charge in [-0.1, -0.05) is 0 Å². The highest BCUT2D eigenvalue weighted by molar-refractivity contribution is 5.85. The maximum atomic E-state index is 12.3. The van der Waals surface area contributed by atoms with Crippen LogP contribution in [0.2, 0.25) is 0 Å². The van der Waals surface area contributed by atoms with E-state index in [0.717, 1.165) is 6.42 Å². The summed E-state index contributed by atoms with van der Waals surface area (Å²) in [5.74, 6) is 0. The Labute approximate surface area is 61.2 Å². The van der Waals surface area contributed by atoms with Crippen LogP contribution in [0.3, 0.4) is 0 Å². The van der Waals surface area contributed by atoms with Gasteiger partial charge in [0.1, 0.15) is 6.17 Å². The molecule has 0 aromatic rings. The molecule has 0 aromatic heterocycles. The maximum Gasteiger partial charge on any atom is 0.102 e. The molecular formula is C6H13ClFN. The van der Waals surface area contributed by atoms with E-state index >= 15 is 0 Å². The molecule has 0 saturated heterocycles. The Hall–Kier alpha value is 0.180. The molecule has 2 unspecified atom stereocenters. The van der Waals surface area contributed by atoms with Crippen LogP contribution in [0.5, 0.6) is 0 Å². The molecule has 0 radical (unpaired) electrons. The van der Waals surface area contributed by atoms with E-state index in [-0.39, 0.29) is 17.9 Å². The highest BCUT2D eigenvalue weighted by atomic mass is 35.5. The van der Waals surface area contributed by atoms with Crippen molar-refractivity contribution in [3.8, 4) is 0 Å². The van der Waals surface area contributed by atoms with Gasteiger partial charge in [0.2, 0.25) is 0 Å². The van der Waals surface area contributed by atoms with E-state index in [1.54, 1.807) is 0 Å². The van der Waals surface area contributed by atoms with Crippen LogP contribution in [0.15, 0.2) is 0 Å². The predicted molar refractivity (Wildman–Crippen MR) is 38.6 cm³/mol. The first-order chi connectivity index (χ1) is 3.60. The topological polar surface area (TPSA) is 26.0 Å². The van der Waals surface area contributed by atoms with Gasteiger partial charge in [-0.2, -0.15) is 0 Å². The SMILES string of the molecule is CC1(N)CCC(F)C1.Cl. The molecule has 56 valence electrons. The summed E-state index contributed by atoms with van der Waals surface area (Å²) >= 11 is 0. The van der Waals surface area contributed by atoms with Crippen LogP contribution in [0, 0.1) is 0 Å². The number of nitrogens with two attached hydrogens (primary N) is 1. The molecule has 0 aromatic carbocycles. The first-order valence-electron chi connectivity index (χ1n) is 3.03. The summed E-state index contributed by atoms with van der Waals surface area (Å²) in [6.45, 7) is 1.91. The van der Waals surface area contributed by atoms with Gasteiger partial charge in [-0.05, 0) is 26.2 Å². The summed E-state index contributed by atoms with van der Waals surface area (Å²) in [5.41, 5.74) is 5.42. The van der Waals surface area contributed by atoms with Gasteiger partial charge in [0.05, 0.1) is 0 Å². The number of hydrogen-bond acceptors (Lipinski definition) is 1. The molecule has 0 aliphatic heterocycles. The highest BCUT2D eigenvalue weighted by Crippen LogP contribution is 2.28. The van der Waals surface area contributed by atoms with Gasteiger partial charge in [0.15, 0.2) is 0 Å². The van der Waals surface area contributed by atoms with Gasteiger partial charge >= 0.3 is 0 Å². The van der Waals surface area contributed by atoms with Crippen molar-refractivity contribution >= 4 is 12.4 Å². The fraction of sp³-hybridized carbons (Fsp3) is 1.00. The van der Waals surface area contributed by atoms with Crippen LogP contribution in [0.1, 0.15) is 26.2 Å². The van der Waals surface area contributed by atoms with Crippen molar-refractivity contribution in [2.45, 2.75) is 37.9 Å². The minimum atomic E-state index is -0.634. The Bertz CT molecular complexity index is 95.1. The molecule has 2 N–H and O–H groups in total. The van der Waals surface area contributed by atoms with E-state index in [4.69, 9.17) is 5.73 Å².